The Labute approximate surface area is 187 Å². The van der Waals surface area contributed by atoms with Crippen molar-refractivity contribution in [1.82, 2.24) is 14.9 Å². The van der Waals surface area contributed by atoms with Crippen LogP contribution >= 0.6 is 23.1 Å². The van der Waals surface area contributed by atoms with Gasteiger partial charge in [-0.05, 0) is 42.5 Å². The van der Waals surface area contributed by atoms with Gasteiger partial charge in [0.05, 0.1) is 30.5 Å². The van der Waals surface area contributed by atoms with E-state index < -0.39 is 0 Å². The predicted molar refractivity (Wildman–Crippen MR) is 123 cm³/mol. The van der Waals surface area contributed by atoms with Crippen molar-refractivity contribution in [2.24, 2.45) is 0 Å². The smallest absolute Gasteiger partial charge is 0.263 e. The third kappa shape index (κ3) is 4.18. The summed E-state index contributed by atoms with van der Waals surface area (Å²) in [5.41, 5.74) is 2.19. The molecule has 0 saturated carbocycles. The summed E-state index contributed by atoms with van der Waals surface area (Å²) >= 11 is 2.92. The summed E-state index contributed by atoms with van der Waals surface area (Å²) in [7, 11) is 0. The standard InChI is InChI=1S/C23H21N3O3S2/c27-19(24-12-16-8-5-11-29-16)14-30-23-25-21-20(17-9-4-10-18(17)31-21)22(28)26(23)13-15-6-2-1-3-7-15/h1-3,5-8,11H,4,9-10,12-14H2,(H,24,27). The van der Waals surface area contributed by atoms with Gasteiger partial charge in [-0.25, -0.2) is 4.98 Å². The van der Waals surface area contributed by atoms with E-state index in [1.807, 2.05) is 36.4 Å². The van der Waals surface area contributed by atoms with Crippen molar-refractivity contribution < 1.29 is 9.21 Å². The molecule has 0 radical (unpaired) electrons. The number of nitrogens with one attached hydrogen (secondary N) is 1. The maximum absolute atomic E-state index is 13.5. The lowest BCUT2D eigenvalue weighted by Gasteiger charge is -2.12. The highest BCUT2D eigenvalue weighted by atomic mass is 32.2. The molecule has 3 aromatic heterocycles. The number of carbonyl (C=O) groups is 1. The zero-order valence-electron chi connectivity index (χ0n) is 16.8. The van der Waals surface area contributed by atoms with Gasteiger partial charge in [0.25, 0.3) is 5.56 Å². The Morgan fingerprint density at radius 1 is 1.19 bits per heavy atom. The maximum Gasteiger partial charge on any atom is 0.263 e. The molecule has 0 fully saturated rings. The molecule has 1 N–H and O–H groups in total. The molecule has 1 amide bonds. The topological polar surface area (TPSA) is 77.1 Å². The van der Waals surface area contributed by atoms with Gasteiger partial charge in [0, 0.05) is 4.88 Å². The Balaban J connectivity index is 1.43. The maximum atomic E-state index is 13.5. The first kappa shape index (κ1) is 20.1. The SMILES string of the molecule is O=C(CSc1nc2sc3c(c2c(=O)n1Cc1ccccc1)CCC3)NCc1ccco1. The Morgan fingerprint density at radius 3 is 2.87 bits per heavy atom. The van der Waals surface area contributed by atoms with Crippen molar-refractivity contribution in [1.29, 1.82) is 0 Å². The fourth-order valence-corrected chi connectivity index (χ4v) is 5.98. The normalized spacial score (nSPS) is 12.9. The third-order valence-electron chi connectivity index (χ3n) is 5.35. The van der Waals surface area contributed by atoms with Crippen molar-refractivity contribution in [3.05, 3.63) is 80.8 Å². The summed E-state index contributed by atoms with van der Waals surface area (Å²) < 4.78 is 6.96. The van der Waals surface area contributed by atoms with Gasteiger partial charge in [-0.3, -0.25) is 14.2 Å². The van der Waals surface area contributed by atoms with Crippen LogP contribution in [0.15, 0.2) is 63.1 Å². The molecule has 3 heterocycles. The van der Waals surface area contributed by atoms with Crippen LogP contribution in [-0.2, 0) is 30.7 Å². The summed E-state index contributed by atoms with van der Waals surface area (Å²) in [6, 6.07) is 13.5. The van der Waals surface area contributed by atoms with Crippen molar-refractivity contribution in [3.8, 4) is 0 Å². The number of fused-ring (bicyclic) bond motifs is 3. The van der Waals surface area contributed by atoms with Crippen LogP contribution in [0.25, 0.3) is 10.2 Å². The van der Waals surface area contributed by atoms with E-state index in [2.05, 4.69) is 5.32 Å². The molecule has 0 unspecified atom stereocenters. The second kappa shape index (κ2) is 8.72. The van der Waals surface area contributed by atoms with Crippen LogP contribution in [0.1, 0.15) is 28.2 Å². The van der Waals surface area contributed by atoms with Crippen LogP contribution in [0.5, 0.6) is 0 Å². The third-order valence-corrected chi connectivity index (χ3v) is 7.51. The molecule has 0 saturated heterocycles. The summed E-state index contributed by atoms with van der Waals surface area (Å²) in [5, 5.41) is 4.18. The number of hydrogen-bond acceptors (Lipinski definition) is 6. The number of nitrogens with zero attached hydrogens (tertiary/aromatic N) is 2. The molecule has 8 heteroatoms. The van der Waals surface area contributed by atoms with Gasteiger partial charge in [0.2, 0.25) is 5.91 Å². The second-order valence-electron chi connectivity index (χ2n) is 7.45. The van der Waals surface area contributed by atoms with Crippen LogP contribution in [0, 0.1) is 0 Å². The highest BCUT2D eigenvalue weighted by Crippen LogP contribution is 2.35. The summed E-state index contributed by atoms with van der Waals surface area (Å²) in [5.74, 6) is 0.751. The van der Waals surface area contributed by atoms with Gasteiger partial charge in [-0.15, -0.1) is 11.3 Å². The van der Waals surface area contributed by atoms with E-state index in [0.29, 0.717) is 24.0 Å². The molecule has 4 aromatic rings. The largest absolute Gasteiger partial charge is 0.467 e. The molecule has 0 atom stereocenters. The van der Waals surface area contributed by atoms with Gasteiger partial charge in [-0.2, -0.15) is 0 Å². The number of hydrogen-bond donors (Lipinski definition) is 1. The molecule has 0 aliphatic heterocycles. The molecule has 5 rings (SSSR count). The number of benzene rings is 1. The Kier molecular flexibility index (Phi) is 5.65. The highest BCUT2D eigenvalue weighted by Gasteiger charge is 2.23. The quantitative estimate of drug-likeness (QED) is 0.340. The lowest BCUT2D eigenvalue weighted by atomic mass is 10.2. The fourth-order valence-electron chi connectivity index (χ4n) is 3.85. The first-order chi connectivity index (χ1) is 15.2. The number of amides is 1. The molecule has 158 valence electrons. The monoisotopic (exact) mass is 451 g/mol. The highest BCUT2D eigenvalue weighted by molar-refractivity contribution is 7.99. The number of carbonyl (C=O) groups excluding carboxylic acids is 1. The number of rotatable bonds is 7. The summed E-state index contributed by atoms with van der Waals surface area (Å²) in [6.07, 6.45) is 4.64. The van der Waals surface area contributed by atoms with Crippen LogP contribution in [0.4, 0.5) is 0 Å². The van der Waals surface area contributed by atoms with Gasteiger partial charge < -0.3 is 9.73 Å². The number of aryl methyl sites for hydroxylation is 2. The fraction of sp³-hybridized carbons (Fsp3) is 0.261. The van der Waals surface area contributed by atoms with Crippen LogP contribution in [0.3, 0.4) is 0 Å². The van der Waals surface area contributed by atoms with Gasteiger partial charge in [0.15, 0.2) is 5.16 Å². The van der Waals surface area contributed by atoms with E-state index in [1.54, 1.807) is 28.2 Å². The van der Waals surface area contributed by atoms with Crippen molar-refractivity contribution in [2.75, 3.05) is 5.75 Å². The molecule has 1 aliphatic rings. The molecule has 1 aliphatic carbocycles. The molecule has 1 aromatic carbocycles. The average molecular weight is 452 g/mol. The second-order valence-corrected chi connectivity index (χ2v) is 9.48. The Bertz CT molecular complexity index is 1280. The van der Waals surface area contributed by atoms with Crippen LogP contribution in [0.2, 0.25) is 0 Å². The minimum atomic E-state index is -0.129. The minimum absolute atomic E-state index is 0.00764. The van der Waals surface area contributed by atoms with Gasteiger partial charge >= 0.3 is 0 Å². The number of aromatic nitrogens is 2. The lowest BCUT2D eigenvalue weighted by molar-refractivity contribution is -0.118. The van der Waals surface area contributed by atoms with Crippen molar-refractivity contribution in [3.63, 3.8) is 0 Å². The number of thiophene rings is 1. The van der Waals surface area contributed by atoms with E-state index in [4.69, 9.17) is 9.40 Å². The lowest BCUT2D eigenvalue weighted by Crippen LogP contribution is -2.27. The first-order valence-electron chi connectivity index (χ1n) is 10.2. The van der Waals surface area contributed by atoms with E-state index in [1.165, 1.54) is 22.2 Å². The molecule has 31 heavy (non-hydrogen) atoms. The number of furan rings is 1. The summed E-state index contributed by atoms with van der Waals surface area (Å²) in [4.78, 5) is 32.8. The average Bonchev–Trinajstić information content (AvgIpc) is 3.51. The molecular weight excluding hydrogens is 430 g/mol. The van der Waals surface area contributed by atoms with E-state index in [-0.39, 0.29) is 17.2 Å². The Morgan fingerprint density at radius 2 is 2.06 bits per heavy atom. The summed E-state index contributed by atoms with van der Waals surface area (Å²) in [6.45, 7) is 0.775. The zero-order valence-corrected chi connectivity index (χ0v) is 18.4. The van der Waals surface area contributed by atoms with Crippen molar-refractivity contribution in [2.45, 2.75) is 37.5 Å². The molecule has 0 bridgehead atoms. The minimum Gasteiger partial charge on any atom is -0.467 e. The molecule has 6 nitrogen and oxygen atoms in total. The Hall–Kier alpha value is -2.84. The number of thioether (sulfide) groups is 1. The molecular formula is C23H21N3O3S2. The van der Waals surface area contributed by atoms with E-state index in [0.717, 1.165) is 35.0 Å². The van der Waals surface area contributed by atoms with E-state index in [9.17, 15) is 9.59 Å². The zero-order chi connectivity index (χ0) is 21.2. The van der Waals surface area contributed by atoms with Gasteiger partial charge in [-0.1, -0.05) is 42.1 Å². The van der Waals surface area contributed by atoms with E-state index >= 15 is 0 Å². The first-order valence-corrected chi connectivity index (χ1v) is 12.0. The van der Waals surface area contributed by atoms with Crippen LogP contribution < -0.4 is 10.9 Å². The molecule has 0 spiro atoms. The van der Waals surface area contributed by atoms with Crippen molar-refractivity contribution >= 4 is 39.2 Å². The predicted octanol–water partition coefficient (Wildman–Crippen LogP) is 4.00. The van der Waals surface area contributed by atoms with Gasteiger partial charge in [0.1, 0.15) is 10.6 Å². The van der Waals surface area contributed by atoms with Crippen LogP contribution in [-0.4, -0.2) is 21.2 Å².